The molecule has 0 spiro atoms. The minimum absolute atomic E-state index is 0.692. The van der Waals surface area contributed by atoms with Crippen molar-refractivity contribution in [2.75, 3.05) is 11.5 Å². The fraction of sp³-hybridized carbons (Fsp3) is 0.727. The fourth-order valence-electron chi connectivity index (χ4n) is 1.98. The molecule has 1 saturated heterocycles. The Kier molecular flexibility index (Phi) is 3.70. The zero-order valence-corrected chi connectivity index (χ0v) is 10.3. The standard InChI is InChI=1S/C11H19N3S/c1-8-11(9(2)14-13-8)6-12-10-4-3-5-15-7-10/h10,12H,3-7H2,1-2H3,(H,13,14). The summed E-state index contributed by atoms with van der Waals surface area (Å²) in [5.41, 5.74) is 3.66. The number of nitrogens with one attached hydrogen (secondary N) is 2. The van der Waals surface area contributed by atoms with Gasteiger partial charge >= 0.3 is 0 Å². The van der Waals surface area contributed by atoms with Crippen LogP contribution in [-0.4, -0.2) is 27.7 Å². The van der Waals surface area contributed by atoms with Crippen molar-refractivity contribution in [3.05, 3.63) is 17.0 Å². The molecule has 1 aliphatic rings. The second kappa shape index (κ2) is 5.03. The molecule has 2 heterocycles. The van der Waals surface area contributed by atoms with Crippen molar-refractivity contribution < 1.29 is 0 Å². The van der Waals surface area contributed by atoms with Gasteiger partial charge in [0.25, 0.3) is 0 Å². The molecule has 1 aromatic rings. The van der Waals surface area contributed by atoms with E-state index >= 15 is 0 Å². The molecule has 4 heteroatoms. The summed E-state index contributed by atoms with van der Waals surface area (Å²) in [6.07, 6.45) is 2.68. The lowest BCUT2D eigenvalue weighted by Gasteiger charge is -2.22. The Morgan fingerprint density at radius 1 is 1.53 bits per heavy atom. The normalized spacial score (nSPS) is 21.9. The van der Waals surface area contributed by atoms with Crippen molar-refractivity contribution in [2.24, 2.45) is 0 Å². The molecule has 0 aliphatic carbocycles. The number of aryl methyl sites for hydroxylation is 2. The van der Waals surface area contributed by atoms with Gasteiger partial charge in [0.1, 0.15) is 0 Å². The predicted octanol–water partition coefficient (Wildman–Crippen LogP) is 2.01. The van der Waals surface area contributed by atoms with Crippen LogP contribution < -0.4 is 5.32 Å². The second-order valence-electron chi connectivity index (χ2n) is 4.21. The summed E-state index contributed by atoms with van der Waals surface area (Å²) >= 11 is 2.06. The van der Waals surface area contributed by atoms with Crippen LogP contribution in [0.1, 0.15) is 29.8 Å². The quantitative estimate of drug-likeness (QED) is 0.827. The highest BCUT2D eigenvalue weighted by Gasteiger charge is 2.14. The van der Waals surface area contributed by atoms with E-state index < -0.39 is 0 Å². The number of nitrogens with zero attached hydrogens (tertiary/aromatic N) is 1. The SMILES string of the molecule is Cc1n[nH]c(C)c1CNC1CCCSC1. The summed E-state index contributed by atoms with van der Waals surface area (Å²) in [5.74, 6) is 2.60. The van der Waals surface area contributed by atoms with Crippen molar-refractivity contribution in [3.8, 4) is 0 Å². The van der Waals surface area contributed by atoms with E-state index in [1.54, 1.807) is 0 Å². The number of H-pyrrole nitrogens is 1. The van der Waals surface area contributed by atoms with Crippen molar-refractivity contribution in [3.63, 3.8) is 0 Å². The van der Waals surface area contributed by atoms with Gasteiger partial charge in [-0.25, -0.2) is 0 Å². The third kappa shape index (κ3) is 2.75. The molecule has 2 N–H and O–H groups in total. The van der Waals surface area contributed by atoms with Crippen molar-refractivity contribution >= 4 is 11.8 Å². The van der Waals surface area contributed by atoms with Crippen LogP contribution >= 0.6 is 11.8 Å². The summed E-state index contributed by atoms with van der Waals surface area (Å²) in [6.45, 7) is 5.11. The Morgan fingerprint density at radius 2 is 2.40 bits per heavy atom. The molecule has 0 aromatic carbocycles. The number of aromatic nitrogens is 2. The smallest absolute Gasteiger partial charge is 0.0638 e. The third-order valence-corrected chi connectivity index (χ3v) is 4.22. The minimum atomic E-state index is 0.692. The Hall–Kier alpha value is -0.480. The monoisotopic (exact) mass is 225 g/mol. The summed E-state index contributed by atoms with van der Waals surface area (Å²) in [7, 11) is 0. The van der Waals surface area contributed by atoms with E-state index in [4.69, 9.17) is 0 Å². The zero-order chi connectivity index (χ0) is 10.7. The average molecular weight is 225 g/mol. The molecule has 0 saturated carbocycles. The molecule has 1 aliphatic heterocycles. The molecule has 0 bridgehead atoms. The molecule has 1 atom stereocenters. The second-order valence-corrected chi connectivity index (χ2v) is 5.36. The van der Waals surface area contributed by atoms with Gasteiger partial charge in [0.15, 0.2) is 0 Å². The van der Waals surface area contributed by atoms with Crippen LogP contribution in [0.25, 0.3) is 0 Å². The summed E-state index contributed by atoms with van der Waals surface area (Å²) < 4.78 is 0. The zero-order valence-electron chi connectivity index (χ0n) is 9.47. The Balaban J connectivity index is 1.87. The Morgan fingerprint density at radius 3 is 3.00 bits per heavy atom. The van der Waals surface area contributed by atoms with Gasteiger partial charge in [0, 0.05) is 29.6 Å². The van der Waals surface area contributed by atoms with Gasteiger partial charge in [0.2, 0.25) is 0 Å². The maximum Gasteiger partial charge on any atom is 0.0638 e. The lowest BCUT2D eigenvalue weighted by atomic mass is 10.1. The van der Waals surface area contributed by atoms with Crippen LogP contribution in [0.4, 0.5) is 0 Å². The van der Waals surface area contributed by atoms with Gasteiger partial charge in [-0.3, -0.25) is 5.10 Å². The molecule has 15 heavy (non-hydrogen) atoms. The van der Waals surface area contributed by atoms with E-state index in [1.165, 1.54) is 35.6 Å². The molecular weight excluding hydrogens is 206 g/mol. The molecule has 3 nitrogen and oxygen atoms in total. The van der Waals surface area contributed by atoms with Crippen LogP contribution in [0.2, 0.25) is 0 Å². The van der Waals surface area contributed by atoms with Gasteiger partial charge in [-0.1, -0.05) is 0 Å². The van der Waals surface area contributed by atoms with E-state index in [2.05, 4.69) is 41.1 Å². The highest BCUT2D eigenvalue weighted by atomic mass is 32.2. The summed E-state index contributed by atoms with van der Waals surface area (Å²) in [4.78, 5) is 0. The predicted molar refractivity (Wildman–Crippen MR) is 65.2 cm³/mol. The topological polar surface area (TPSA) is 40.7 Å². The molecule has 84 valence electrons. The van der Waals surface area contributed by atoms with E-state index in [0.717, 1.165) is 12.2 Å². The summed E-state index contributed by atoms with van der Waals surface area (Å²) in [6, 6.07) is 0.692. The largest absolute Gasteiger partial charge is 0.309 e. The molecule has 1 aromatic heterocycles. The Labute approximate surface area is 95.4 Å². The Bertz CT molecular complexity index is 296. The van der Waals surface area contributed by atoms with Gasteiger partial charge in [-0.2, -0.15) is 16.9 Å². The lowest BCUT2D eigenvalue weighted by molar-refractivity contribution is 0.506. The van der Waals surface area contributed by atoms with Gasteiger partial charge in [0.05, 0.1) is 5.69 Å². The van der Waals surface area contributed by atoms with Crippen molar-refractivity contribution in [2.45, 2.75) is 39.3 Å². The van der Waals surface area contributed by atoms with E-state index in [1.807, 2.05) is 0 Å². The third-order valence-electron chi connectivity index (χ3n) is 3.01. The first-order chi connectivity index (χ1) is 7.27. The van der Waals surface area contributed by atoms with Crippen molar-refractivity contribution in [1.29, 1.82) is 0 Å². The first-order valence-corrected chi connectivity index (χ1v) is 6.74. The van der Waals surface area contributed by atoms with Gasteiger partial charge in [-0.05, 0) is 32.4 Å². The average Bonchev–Trinajstić information content (AvgIpc) is 2.58. The van der Waals surface area contributed by atoms with Crippen LogP contribution in [0.15, 0.2) is 0 Å². The number of hydrogen-bond acceptors (Lipinski definition) is 3. The molecule has 1 unspecified atom stereocenters. The van der Waals surface area contributed by atoms with Crippen LogP contribution in [0.3, 0.4) is 0 Å². The molecule has 0 amide bonds. The van der Waals surface area contributed by atoms with E-state index in [-0.39, 0.29) is 0 Å². The minimum Gasteiger partial charge on any atom is -0.309 e. The van der Waals surface area contributed by atoms with Crippen molar-refractivity contribution in [1.82, 2.24) is 15.5 Å². The molecule has 2 rings (SSSR count). The number of hydrogen-bond donors (Lipinski definition) is 2. The van der Waals surface area contributed by atoms with Crippen LogP contribution in [-0.2, 0) is 6.54 Å². The fourth-order valence-corrected chi connectivity index (χ4v) is 3.09. The maximum absolute atomic E-state index is 4.21. The maximum atomic E-state index is 4.21. The number of thioether (sulfide) groups is 1. The highest BCUT2D eigenvalue weighted by molar-refractivity contribution is 7.99. The lowest BCUT2D eigenvalue weighted by Crippen LogP contribution is -2.33. The van der Waals surface area contributed by atoms with Crippen LogP contribution in [0, 0.1) is 13.8 Å². The molecule has 0 radical (unpaired) electrons. The van der Waals surface area contributed by atoms with Crippen LogP contribution in [0.5, 0.6) is 0 Å². The number of rotatable bonds is 3. The first kappa shape index (κ1) is 11.0. The van der Waals surface area contributed by atoms with Gasteiger partial charge < -0.3 is 5.32 Å². The number of aromatic amines is 1. The molecular formula is C11H19N3S. The molecule has 1 fully saturated rings. The van der Waals surface area contributed by atoms with Gasteiger partial charge in [-0.15, -0.1) is 0 Å². The highest BCUT2D eigenvalue weighted by Crippen LogP contribution is 2.18. The van der Waals surface area contributed by atoms with E-state index in [0.29, 0.717) is 6.04 Å². The van der Waals surface area contributed by atoms with E-state index in [9.17, 15) is 0 Å². The summed E-state index contributed by atoms with van der Waals surface area (Å²) in [5, 5.41) is 10.9. The first-order valence-electron chi connectivity index (χ1n) is 5.59.